The van der Waals surface area contributed by atoms with Crippen LogP contribution in [0.1, 0.15) is 11.1 Å². The molecule has 0 saturated heterocycles. The van der Waals surface area contributed by atoms with E-state index in [9.17, 15) is 0 Å². The molecule has 2 rings (SSSR count). The molecule has 0 unspecified atom stereocenters. The lowest BCUT2D eigenvalue weighted by Crippen LogP contribution is -2.19. The molecule has 0 saturated carbocycles. The number of rotatable bonds is 2. The summed E-state index contributed by atoms with van der Waals surface area (Å²) < 4.78 is 0. The van der Waals surface area contributed by atoms with Gasteiger partial charge in [0.25, 0.3) is 0 Å². The Labute approximate surface area is 134 Å². The first-order valence-electron chi connectivity index (χ1n) is 6.06. The Morgan fingerprint density at radius 3 is 2.35 bits per heavy atom. The Morgan fingerprint density at radius 1 is 0.950 bits per heavy atom. The second-order valence-electron chi connectivity index (χ2n) is 4.50. The van der Waals surface area contributed by atoms with Crippen LogP contribution >= 0.6 is 35.4 Å². The van der Waals surface area contributed by atoms with E-state index in [-0.39, 0.29) is 0 Å². The van der Waals surface area contributed by atoms with Gasteiger partial charge in [0.1, 0.15) is 0 Å². The second-order valence-corrected chi connectivity index (χ2v) is 5.75. The summed E-state index contributed by atoms with van der Waals surface area (Å²) in [6, 6.07) is 11.3. The molecule has 0 aromatic heterocycles. The molecule has 2 N–H and O–H groups in total. The molecule has 0 aliphatic carbocycles. The van der Waals surface area contributed by atoms with Gasteiger partial charge < -0.3 is 10.6 Å². The molecule has 0 fully saturated rings. The number of halogens is 2. The zero-order valence-corrected chi connectivity index (χ0v) is 13.5. The van der Waals surface area contributed by atoms with Crippen LogP contribution in [0.3, 0.4) is 0 Å². The van der Waals surface area contributed by atoms with Crippen molar-refractivity contribution in [2.24, 2.45) is 0 Å². The van der Waals surface area contributed by atoms with Crippen molar-refractivity contribution < 1.29 is 0 Å². The molecule has 0 bridgehead atoms. The minimum Gasteiger partial charge on any atom is -0.332 e. The first kappa shape index (κ1) is 15.1. The number of hydrogen-bond acceptors (Lipinski definition) is 1. The lowest BCUT2D eigenvalue weighted by molar-refractivity contribution is 1.45. The van der Waals surface area contributed by atoms with Gasteiger partial charge in [-0.25, -0.2) is 0 Å². The summed E-state index contributed by atoms with van der Waals surface area (Å²) in [6.45, 7) is 3.95. The molecule has 2 nitrogen and oxygen atoms in total. The number of hydrogen-bond donors (Lipinski definition) is 2. The predicted molar refractivity (Wildman–Crippen MR) is 92.2 cm³/mol. The van der Waals surface area contributed by atoms with Gasteiger partial charge in [0.05, 0.1) is 0 Å². The van der Waals surface area contributed by atoms with Crippen LogP contribution in [-0.4, -0.2) is 5.11 Å². The first-order valence-corrected chi connectivity index (χ1v) is 7.22. The molecule has 0 aliphatic rings. The maximum atomic E-state index is 6.08. The number of nitrogens with one attached hydrogen (secondary N) is 2. The third-order valence-electron chi connectivity index (χ3n) is 2.88. The molecule has 0 aliphatic heterocycles. The predicted octanol–water partition coefficient (Wildman–Crippen LogP) is 5.42. The zero-order chi connectivity index (χ0) is 14.7. The van der Waals surface area contributed by atoms with Crippen LogP contribution in [0.4, 0.5) is 11.4 Å². The van der Waals surface area contributed by atoms with Gasteiger partial charge in [0.15, 0.2) is 5.11 Å². The normalized spacial score (nSPS) is 10.2. The average molecular weight is 325 g/mol. The molecule has 104 valence electrons. The van der Waals surface area contributed by atoms with E-state index in [1.807, 2.05) is 50.2 Å². The van der Waals surface area contributed by atoms with Crippen LogP contribution in [0, 0.1) is 13.8 Å². The molecular weight excluding hydrogens is 311 g/mol. The molecule has 0 radical (unpaired) electrons. The van der Waals surface area contributed by atoms with Crippen molar-refractivity contribution in [3.05, 3.63) is 57.6 Å². The maximum Gasteiger partial charge on any atom is 0.175 e. The topological polar surface area (TPSA) is 24.1 Å². The summed E-state index contributed by atoms with van der Waals surface area (Å²) in [5.41, 5.74) is 3.83. The average Bonchev–Trinajstić information content (AvgIpc) is 2.38. The minimum absolute atomic E-state index is 0.496. The van der Waals surface area contributed by atoms with Crippen molar-refractivity contribution in [2.45, 2.75) is 13.8 Å². The summed E-state index contributed by atoms with van der Waals surface area (Å²) in [7, 11) is 0. The van der Waals surface area contributed by atoms with Gasteiger partial charge in [-0.2, -0.15) is 0 Å². The fourth-order valence-electron chi connectivity index (χ4n) is 1.68. The highest BCUT2D eigenvalue weighted by Crippen LogP contribution is 2.22. The Kier molecular flexibility index (Phi) is 4.86. The summed E-state index contributed by atoms with van der Waals surface area (Å²) in [5.74, 6) is 0. The van der Waals surface area contributed by atoms with E-state index >= 15 is 0 Å². The van der Waals surface area contributed by atoms with Gasteiger partial charge in [0, 0.05) is 21.4 Å². The SMILES string of the molecule is Cc1ccc(NC(=S)Nc2cc(Cl)ccc2C)cc1Cl. The third-order valence-corrected chi connectivity index (χ3v) is 3.72. The Morgan fingerprint density at radius 2 is 1.65 bits per heavy atom. The third kappa shape index (κ3) is 3.85. The summed E-state index contributed by atoms with van der Waals surface area (Å²) in [4.78, 5) is 0. The van der Waals surface area contributed by atoms with Crippen LogP contribution in [0.25, 0.3) is 0 Å². The molecule has 0 amide bonds. The number of thiocarbonyl (C=S) groups is 1. The van der Waals surface area contributed by atoms with Crippen molar-refractivity contribution in [1.82, 2.24) is 0 Å². The van der Waals surface area contributed by atoms with Gasteiger partial charge in [0.2, 0.25) is 0 Å². The Balaban J connectivity index is 2.09. The summed E-state index contributed by atoms with van der Waals surface area (Å²) >= 11 is 17.3. The highest BCUT2D eigenvalue weighted by Gasteiger charge is 2.04. The fourth-order valence-corrected chi connectivity index (χ4v) is 2.26. The van der Waals surface area contributed by atoms with E-state index in [4.69, 9.17) is 35.4 Å². The smallest absolute Gasteiger partial charge is 0.175 e. The van der Waals surface area contributed by atoms with Gasteiger partial charge >= 0.3 is 0 Å². The zero-order valence-electron chi connectivity index (χ0n) is 11.1. The largest absolute Gasteiger partial charge is 0.332 e. The van der Waals surface area contributed by atoms with E-state index in [0.29, 0.717) is 15.2 Å². The van der Waals surface area contributed by atoms with Gasteiger partial charge in [-0.15, -0.1) is 0 Å². The molecular formula is C15H14Cl2N2S. The van der Waals surface area contributed by atoms with Crippen molar-refractivity contribution in [3.8, 4) is 0 Å². The lowest BCUT2D eigenvalue weighted by atomic mass is 10.2. The molecule has 2 aromatic carbocycles. The Hall–Kier alpha value is -1.29. The van der Waals surface area contributed by atoms with Gasteiger partial charge in [-0.05, 0) is 61.5 Å². The van der Waals surface area contributed by atoms with Crippen molar-refractivity contribution >= 4 is 51.9 Å². The number of aryl methyl sites for hydroxylation is 2. The van der Waals surface area contributed by atoms with E-state index in [1.54, 1.807) is 0 Å². The standard InChI is InChI=1S/C15H14Cl2N2S/c1-9-4-6-12(8-13(9)17)18-15(20)19-14-7-11(16)5-3-10(14)2/h3-8H,1-2H3,(H2,18,19,20). The molecule has 0 spiro atoms. The van der Waals surface area contributed by atoms with Crippen LogP contribution < -0.4 is 10.6 Å². The van der Waals surface area contributed by atoms with Crippen LogP contribution in [0.2, 0.25) is 10.0 Å². The molecule has 20 heavy (non-hydrogen) atoms. The Bertz CT molecular complexity index is 656. The van der Waals surface area contributed by atoms with Gasteiger partial charge in [-0.1, -0.05) is 35.3 Å². The van der Waals surface area contributed by atoms with E-state index in [2.05, 4.69) is 10.6 Å². The van der Waals surface area contributed by atoms with Crippen LogP contribution in [-0.2, 0) is 0 Å². The molecule has 0 heterocycles. The van der Waals surface area contributed by atoms with E-state index in [1.165, 1.54) is 0 Å². The van der Waals surface area contributed by atoms with E-state index in [0.717, 1.165) is 22.5 Å². The van der Waals surface area contributed by atoms with Crippen LogP contribution in [0.15, 0.2) is 36.4 Å². The van der Waals surface area contributed by atoms with Crippen molar-refractivity contribution in [1.29, 1.82) is 0 Å². The first-order chi connectivity index (χ1) is 9.45. The van der Waals surface area contributed by atoms with Crippen molar-refractivity contribution in [2.75, 3.05) is 10.6 Å². The summed E-state index contributed by atoms with van der Waals surface area (Å²) in [6.07, 6.45) is 0. The highest BCUT2D eigenvalue weighted by molar-refractivity contribution is 7.80. The highest BCUT2D eigenvalue weighted by atomic mass is 35.5. The van der Waals surface area contributed by atoms with E-state index < -0.39 is 0 Å². The minimum atomic E-state index is 0.496. The molecule has 2 aromatic rings. The van der Waals surface area contributed by atoms with Gasteiger partial charge in [-0.3, -0.25) is 0 Å². The molecule has 5 heteroatoms. The monoisotopic (exact) mass is 324 g/mol. The molecule has 0 atom stereocenters. The quantitative estimate of drug-likeness (QED) is 0.721. The van der Waals surface area contributed by atoms with Crippen LogP contribution in [0.5, 0.6) is 0 Å². The fraction of sp³-hybridized carbons (Fsp3) is 0.133. The number of benzene rings is 2. The lowest BCUT2D eigenvalue weighted by Gasteiger charge is -2.13. The van der Waals surface area contributed by atoms with Crippen molar-refractivity contribution in [3.63, 3.8) is 0 Å². The second kappa shape index (κ2) is 6.44. The maximum absolute atomic E-state index is 6.08. The number of anilines is 2. The summed E-state index contributed by atoms with van der Waals surface area (Å²) in [5, 5.41) is 8.09.